The molecule has 3 aromatic rings. The zero-order chi connectivity index (χ0) is 29.9. The molecule has 0 amide bonds. The number of aromatic nitrogens is 3. The predicted octanol–water partition coefficient (Wildman–Crippen LogP) is 4.40. The summed E-state index contributed by atoms with van der Waals surface area (Å²) in [5.74, 6) is -5.51. The van der Waals surface area contributed by atoms with Gasteiger partial charge in [-0.2, -0.15) is 26.3 Å². The van der Waals surface area contributed by atoms with Crippen LogP contribution < -0.4 is 0 Å². The molecule has 0 bridgehead atoms. The van der Waals surface area contributed by atoms with Crippen LogP contribution in [0.2, 0.25) is 0 Å². The molecule has 2 N–H and O–H groups in total. The molecule has 15 heteroatoms. The van der Waals surface area contributed by atoms with Crippen LogP contribution in [0.4, 0.5) is 26.3 Å². The van der Waals surface area contributed by atoms with Crippen LogP contribution in [0.1, 0.15) is 28.7 Å². The second-order valence-corrected chi connectivity index (χ2v) is 8.35. The minimum absolute atomic E-state index is 0.192. The fourth-order valence-corrected chi connectivity index (χ4v) is 3.62. The van der Waals surface area contributed by atoms with Crippen LogP contribution in [0, 0.1) is 0 Å². The number of alkyl halides is 6. The standard InChI is InChI=1S/C21H24N4O.2C2HF3O2/c1-24-16-23-19-10-12-25(13-18-9-5-6-11-22-18)20(21(19)24)15-26-14-17-7-3-2-4-8-17;2*3-2(4,5)1(6)7/h2-9,11,16,20H,10,12-15H2,1H3;2*(H,6,7). The van der Waals surface area contributed by atoms with Gasteiger partial charge in [0.1, 0.15) is 0 Å². The van der Waals surface area contributed by atoms with E-state index in [0.717, 1.165) is 25.2 Å². The fraction of sp³-hybridized carbons (Fsp3) is 0.360. The Morgan fingerprint density at radius 1 is 0.950 bits per heavy atom. The van der Waals surface area contributed by atoms with Crippen molar-refractivity contribution in [3.63, 3.8) is 0 Å². The zero-order valence-corrected chi connectivity index (χ0v) is 21.1. The van der Waals surface area contributed by atoms with E-state index in [4.69, 9.17) is 24.5 Å². The Balaban J connectivity index is 0.000000333. The van der Waals surface area contributed by atoms with Gasteiger partial charge in [0.25, 0.3) is 0 Å². The Bertz CT molecular complexity index is 1200. The number of carboxylic acid groups (broad SMARTS) is 2. The van der Waals surface area contributed by atoms with Crippen molar-refractivity contribution < 1.29 is 50.9 Å². The van der Waals surface area contributed by atoms with Crippen molar-refractivity contribution >= 4 is 11.9 Å². The highest BCUT2D eigenvalue weighted by Gasteiger charge is 2.39. The maximum atomic E-state index is 10.6. The van der Waals surface area contributed by atoms with E-state index in [1.54, 1.807) is 0 Å². The third-order valence-electron chi connectivity index (χ3n) is 5.42. The van der Waals surface area contributed by atoms with Crippen LogP contribution in [0.25, 0.3) is 0 Å². The van der Waals surface area contributed by atoms with E-state index in [9.17, 15) is 26.3 Å². The molecular weight excluding hydrogens is 550 g/mol. The van der Waals surface area contributed by atoms with Gasteiger partial charge in [0.15, 0.2) is 0 Å². The number of hydrogen-bond acceptors (Lipinski definition) is 6. The minimum Gasteiger partial charge on any atom is -0.475 e. The number of carboxylic acids is 2. The molecule has 0 fully saturated rings. The molecule has 0 radical (unpaired) electrons. The van der Waals surface area contributed by atoms with Crippen LogP contribution in [0.15, 0.2) is 61.1 Å². The molecule has 1 aromatic carbocycles. The molecule has 0 saturated carbocycles. The fourth-order valence-electron chi connectivity index (χ4n) is 3.62. The molecular formula is C25H26F6N4O5. The van der Waals surface area contributed by atoms with Crippen LogP contribution in [-0.2, 0) is 40.9 Å². The first kappa shape index (κ1) is 32.2. The number of pyridine rings is 1. The van der Waals surface area contributed by atoms with Crippen LogP contribution in [0.5, 0.6) is 0 Å². The number of fused-ring (bicyclic) bond motifs is 1. The van der Waals surface area contributed by atoms with E-state index in [-0.39, 0.29) is 6.04 Å². The van der Waals surface area contributed by atoms with Crippen molar-refractivity contribution in [2.24, 2.45) is 7.05 Å². The third kappa shape index (κ3) is 10.3. The predicted molar refractivity (Wildman–Crippen MR) is 128 cm³/mol. The number of carbonyl (C=O) groups is 2. The molecule has 3 heterocycles. The van der Waals surface area contributed by atoms with E-state index < -0.39 is 24.3 Å². The number of benzene rings is 1. The summed E-state index contributed by atoms with van der Waals surface area (Å²) < 4.78 is 71.7. The molecule has 1 aliphatic heterocycles. The summed E-state index contributed by atoms with van der Waals surface area (Å²) in [6.07, 6.45) is -5.42. The number of rotatable bonds is 6. The van der Waals surface area contributed by atoms with Crippen molar-refractivity contribution in [1.82, 2.24) is 19.4 Å². The number of ether oxygens (including phenoxy) is 1. The van der Waals surface area contributed by atoms with Crippen LogP contribution in [0.3, 0.4) is 0 Å². The second kappa shape index (κ2) is 14.4. The molecule has 0 spiro atoms. The number of hydrogen-bond donors (Lipinski definition) is 2. The van der Waals surface area contributed by atoms with Gasteiger partial charge in [0.2, 0.25) is 0 Å². The van der Waals surface area contributed by atoms with E-state index >= 15 is 0 Å². The van der Waals surface area contributed by atoms with Gasteiger partial charge in [-0.15, -0.1) is 0 Å². The highest BCUT2D eigenvalue weighted by molar-refractivity contribution is 5.73. The van der Waals surface area contributed by atoms with Crippen molar-refractivity contribution in [3.8, 4) is 0 Å². The minimum atomic E-state index is -5.08. The largest absolute Gasteiger partial charge is 0.490 e. The Labute approximate surface area is 224 Å². The normalized spacial score (nSPS) is 15.1. The van der Waals surface area contributed by atoms with Gasteiger partial charge in [0.05, 0.1) is 42.7 Å². The monoisotopic (exact) mass is 576 g/mol. The third-order valence-corrected chi connectivity index (χ3v) is 5.42. The number of imidazole rings is 1. The first-order valence-electron chi connectivity index (χ1n) is 11.6. The zero-order valence-electron chi connectivity index (χ0n) is 21.1. The Morgan fingerprint density at radius 3 is 2.05 bits per heavy atom. The summed E-state index contributed by atoms with van der Waals surface area (Å²) >= 11 is 0. The topological polar surface area (TPSA) is 118 Å². The molecule has 218 valence electrons. The molecule has 0 aliphatic carbocycles. The first-order valence-corrected chi connectivity index (χ1v) is 11.6. The van der Waals surface area contributed by atoms with E-state index in [1.807, 2.05) is 42.9 Å². The summed E-state index contributed by atoms with van der Waals surface area (Å²) in [6, 6.07) is 16.6. The smallest absolute Gasteiger partial charge is 0.475 e. The molecule has 1 aliphatic rings. The second-order valence-electron chi connectivity index (χ2n) is 8.35. The Hall–Kier alpha value is -3.98. The highest BCUT2D eigenvalue weighted by atomic mass is 19.4. The first-order chi connectivity index (χ1) is 18.7. The molecule has 1 unspecified atom stereocenters. The lowest BCUT2D eigenvalue weighted by Gasteiger charge is -2.35. The number of nitrogens with zero attached hydrogens (tertiary/aromatic N) is 4. The van der Waals surface area contributed by atoms with Crippen LogP contribution >= 0.6 is 0 Å². The molecule has 2 aromatic heterocycles. The molecule has 40 heavy (non-hydrogen) atoms. The maximum absolute atomic E-state index is 10.6. The summed E-state index contributed by atoms with van der Waals surface area (Å²) in [5.41, 5.74) is 4.74. The Morgan fingerprint density at radius 2 is 1.52 bits per heavy atom. The quantitative estimate of drug-likeness (QED) is 0.415. The average molecular weight is 576 g/mol. The lowest BCUT2D eigenvalue weighted by molar-refractivity contribution is -0.193. The number of halogens is 6. The molecule has 1 atom stereocenters. The lowest BCUT2D eigenvalue weighted by atomic mass is 10.0. The molecule has 9 nitrogen and oxygen atoms in total. The maximum Gasteiger partial charge on any atom is 0.490 e. The van der Waals surface area contributed by atoms with E-state index in [1.165, 1.54) is 17.0 Å². The van der Waals surface area contributed by atoms with Crippen LogP contribution in [-0.4, -0.2) is 67.1 Å². The van der Waals surface area contributed by atoms with Crippen molar-refractivity contribution in [1.29, 1.82) is 0 Å². The van der Waals surface area contributed by atoms with Gasteiger partial charge in [-0.05, 0) is 17.7 Å². The molecule has 0 saturated heterocycles. The summed E-state index contributed by atoms with van der Waals surface area (Å²) in [7, 11) is 2.07. The highest BCUT2D eigenvalue weighted by Crippen LogP contribution is 2.30. The van der Waals surface area contributed by atoms with Gasteiger partial charge in [-0.3, -0.25) is 9.88 Å². The van der Waals surface area contributed by atoms with Gasteiger partial charge in [0, 0.05) is 32.8 Å². The Kier molecular flexibility index (Phi) is 11.6. The number of aliphatic carboxylic acids is 2. The average Bonchev–Trinajstić information content (AvgIpc) is 3.27. The van der Waals surface area contributed by atoms with Crippen molar-refractivity contribution in [2.45, 2.75) is 38.0 Å². The SMILES string of the molecule is Cn1cnc2c1C(COCc1ccccc1)N(Cc1ccccn1)CC2.O=C(O)C(F)(F)F.O=C(O)C(F)(F)F. The van der Waals surface area contributed by atoms with Gasteiger partial charge < -0.3 is 19.5 Å². The summed E-state index contributed by atoms with van der Waals surface area (Å²) in [5, 5.41) is 14.2. The van der Waals surface area contributed by atoms with E-state index in [0.29, 0.717) is 13.2 Å². The lowest BCUT2D eigenvalue weighted by Crippen LogP contribution is -2.38. The van der Waals surface area contributed by atoms with Gasteiger partial charge in [-0.25, -0.2) is 14.6 Å². The molecule has 4 rings (SSSR count). The summed E-state index contributed by atoms with van der Waals surface area (Å²) in [6.45, 7) is 3.07. The van der Waals surface area contributed by atoms with Gasteiger partial charge >= 0.3 is 24.3 Å². The van der Waals surface area contributed by atoms with Crippen molar-refractivity contribution in [2.75, 3.05) is 13.2 Å². The van der Waals surface area contributed by atoms with E-state index in [2.05, 4.69) is 44.7 Å². The summed E-state index contributed by atoms with van der Waals surface area (Å²) in [4.78, 5) is 29.3. The number of aryl methyl sites for hydroxylation is 1. The van der Waals surface area contributed by atoms with Gasteiger partial charge in [-0.1, -0.05) is 36.4 Å². The van der Waals surface area contributed by atoms with Crippen molar-refractivity contribution in [3.05, 3.63) is 83.7 Å².